The second-order valence-electron chi connectivity index (χ2n) is 4.99. The highest BCUT2D eigenvalue weighted by Crippen LogP contribution is 2.16. The summed E-state index contributed by atoms with van der Waals surface area (Å²) in [4.78, 5) is 23.6. The topological polar surface area (TPSA) is 81.4 Å². The Morgan fingerprint density at radius 2 is 2.04 bits per heavy atom. The Balaban J connectivity index is 2.14. The molecule has 0 spiro atoms. The fourth-order valence-corrected chi connectivity index (χ4v) is 2.08. The van der Waals surface area contributed by atoms with Crippen LogP contribution in [0.2, 0.25) is 0 Å². The van der Waals surface area contributed by atoms with Gasteiger partial charge in [-0.2, -0.15) is 0 Å². The molecule has 2 rings (SSSR count). The Morgan fingerprint density at radius 3 is 2.71 bits per heavy atom. The van der Waals surface area contributed by atoms with E-state index in [4.69, 9.17) is 5.73 Å². The van der Waals surface area contributed by atoms with Gasteiger partial charge in [-0.3, -0.25) is 4.79 Å². The van der Waals surface area contributed by atoms with E-state index < -0.39 is 11.9 Å². The monoisotopic (exact) mass is 328 g/mol. The quantitative estimate of drug-likeness (QED) is 0.653. The van der Waals surface area contributed by atoms with E-state index in [1.807, 2.05) is 0 Å². The van der Waals surface area contributed by atoms with Gasteiger partial charge in [-0.15, -0.1) is 0 Å². The lowest BCUT2D eigenvalue weighted by Gasteiger charge is -2.08. The maximum Gasteiger partial charge on any atom is 0.337 e. The number of benzene rings is 2. The molecule has 1 amide bonds. The van der Waals surface area contributed by atoms with Crippen LogP contribution in [0.15, 0.2) is 48.5 Å². The molecule has 0 saturated carbocycles. The number of nitrogens with two attached hydrogens (primary N) is 1. The number of carbonyl (C=O) groups excluding carboxylic acids is 2. The van der Waals surface area contributed by atoms with Crippen molar-refractivity contribution in [3.8, 4) is 0 Å². The van der Waals surface area contributed by atoms with E-state index in [1.54, 1.807) is 24.3 Å². The highest BCUT2D eigenvalue weighted by Gasteiger charge is 2.09. The smallest absolute Gasteiger partial charge is 0.337 e. The number of methoxy groups -OCH3 is 1. The molecule has 6 heteroatoms. The van der Waals surface area contributed by atoms with Crippen molar-refractivity contribution < 1.29 is 18.7 Å². The Bertz CT molecular complexity index is 788. The van der Waals surface area contributed by atoms with Crippen molar-refractivity contribution in [2.75, 3.05) is 12.4 Å². The number of amides is 1. The first-order valence-electron chi connectivity index (χ1n) is 7.19. The number of anilines is 1. The fourth-order valence-electron chi connectivity index (χ4n) is 2.08. The molecule has 0 radical (unpaired) electrons. The summed E-state index contributed by atoms with van der Waals surface area (Å²) in [6.45, 7) is 0.215. The third-order valence-corrected chi connectivity index (χ3v) is 3.19. The van der Waals surface area contributed by atoms with Crippen LogP contribution in [0.1, 0.15) is 21.5 Å². The van der Waals surface area contributed by atoms with Crippen LogP contribution in [0.3, 0.4) is 0 Å². The predicted molar refractivity (Wildman–Crippen MR) is 89.7 cm³/mol. The Labute approximate surface area is 138 Å². The first-order valence-corrected chi connectivity index (χ1v) is 7.19. The van der Waals surface area contributed by atoms with Crippen LogP contribution >= 0.6 is 0 Å². The first-order chi connectivity index (χ1) is 11.5. The summed E-state index contributed by atoms with van der Waals surface area (Å²) in [5.74, 6) is -1.31. The molecule has 0 bridgehead atoms. The van der Waals surface area contributed by atoms with Gasteiger partial charge in [0.2, 0.25) is 5.91 Å². The first kappa shape index (κ1) is 17.4. The number of hydrogen-bond donors (Lipinski definition) is 2. The average Bonchev–Trinajstić information content (AvgIpc) is 2.59. The van der Waals surface area contributed by atoms with E-state index in [9.17, 15) is 14.0 Å². The second kappa shape index (κ2) is 8.03. The third-order valence-electron chi connectivity index (χ3n) is 3.19. The molecular formula is C18H17FN2O3. The van der Waals surface area contributed by atoms with Gasteiger partial charge in [0.1, 0.15) is 5.82 Å². The minimum absolute atomic E-state index is 0.215. The predicted octanol–water partition coefficient (Wildman–Crippen LogP) is 2.72. The summed E-state index contributed by atoms with van der Waals surface area (Å²) in [5.41, 5.74) is 7.56. The van der Waals surface area contributed by atoms with E-state index in [0.717, 1.165) is 0 Å². The van der Waals surface area contributed by atoms with Crippen LogP contribution in [0, 0.1) is 5.82 Å². The molecule has 24 heavy (non-hydrogen) atoms. The van der Waals surface area contributed by atoms with Crippen LogP contribution < -0.4 is 11.1 Å². The number of nitrogens with one attached hydrogen (secondary N) is 1. The second-order valence-corrected chi connectivity index (χ2v) is 4.99. The van der Waals surface area contributed by atoms with Crippen molar-refractivity contribution in [3.05, 3.63) is 71.0 Å². The van der Waals surface area contributed by atoms with Gasteiger partial charge in [0.05, 0.1) is 12.7 Å². The lowest BCUT2D eigenvalue weighted by atomic mass is 10.1. The van der Waals surface area contributed by atoms with E-state index in [-0.39, 0.29) is 12.4 Å². The van der Waals surface area contributed by atoms with Gasteiger partial charge in [-0.25, -0.2) is 9.18 Å². The van der Waals surface area contributed by atoms with Crippen LogP contribution in [-0.2, 0) is 16.1 Å². The summed E-state index contributed by atoms with van der Waals surface area (Å²) in [6, 6.07) is 10.6. The van der Waals surface area contributed by atoms with Crippen molar-refractivity contribution in [2.45, 2.75) is 6.54 Å². The summed E-state index contributed by atoms with van der Waals surface area (Å²) >= 11 is 0. The molecule has 0 unspecified atom stereocenters. The standard InChI is InChI=1S/C18H17FN2O3/c1-24-18(23)14-7-13(11-20)9-16(10-14)21-17(22)6-5-12-3-2-4-15(19)8-12/h2-10H,11,20H2,1H3,(H,21,22). The highest BCUT2D eigenvalue weighted by molar-refractivity contribution is 6.02. The normalized spacial score (nSPS) is 10.6. The number of ether oxygens (including phenoxy) is 1. The molecule has 0 aliphatic heterocycles. The SMILES string of the molecule is COC(=O)c1cc(CN)cc(NC(=O)C=Cc2cccc(F)c2)c1. The summed E-state index contributed by atoms with van der Waals surface area (Å²) in [6.07, 6.45) is 2.77. The molecule has 2 aromatic carbocycles. The molecule has 0 saturated heterocycles. The van der Waals surface area contributed by atoms with Crippen LogP contribution in [0.25, 0.3) is 6.08 Å². The summed E-state index contributed by atoms with van der Waals surface area (Å²) in [5, 5.41) is 2.64. The Hall–Kier alpha value is -2.99. The Kier molecular flexibility index (Phi) is 5.81. The van der Waals surface area contributed by atoms with Crippen LogP contribution in [-0.4, -0.2) is 19.0 Å². The zero-order valence-electron chi connectivity index (χ0n) is 13.1. The van der Waals surface area contributed by atoms with Gasteiger partial charge in [-0.05, 0) is 47.5 Å². The molecule has 0 atom stereocenters. The summed E-state index contributed by atoms with van der Waals surface area (Å²) in [7, 11) is 1.28. The van der Waals surface area contributed by atoms with E-state index >= 15 is 0 Å². The lowest BCUT2D eigenvalue weighted by Crippen LogP contribution is -2.11. The van der Waals surface area contributed by atoms with Crippen molar-refractivity contribution >= 4 is 23.6 Å². The molecule has 0 fully saturated rings. The fraction of sp³-hybridized carbons (Fsp3) is 0.111. The van der Waals surface area contributed by atoms with Gasteiger partial charge in [0, 0.05) is 18.3 Å². The lowest BCUT2D eigenvalue weighted by molar-refractivity contribution is -0.111. The number of carbonyl (C=O) groups is 2. The maximum absolute atomic E-state index is 13.1. The molecule has 124 valence electrons. The molecule has 0 heterocycles. The average molecular weight is 328 g/mol. The zero-order chi connectivity index (χ0) is 17.5. The molecule has 0 aliphatic carbocycles. The molecule has 0 aliphatic rings. The largest absolute Gasteiger partial charge is 0.465 e. The molecule has 0 aromatic heterocycles. The molecule has 3 N–H and O–H groups in total. The zero-order valence-corrected chi connectivity index (χ0v) is 13.1. The van der Waals surface area contributed by atoms with E-state index in [2.05, 4.69) is 10.1 Å². The van der Waals surface area contributed by atoms with Crippen LogP contribution in [0.4, 0.5) is 10.1 Å². The third kappa shape index (κ3) is 4.76. The Morgan fingerprint density at radius 1 is 1.25 bits per heavy atom. The van der Waals surface area contributed by atoms with Gasteiger partial charge in [-0.1, -0.05) is 12.1 Å². The molecule has 2 aromatic rings. The minimum Gasteiger partial charge on any atom is -0.465 e. The maximum atomic E-state index is 13.1. The number of hydrogen-bond acceptors (Lipinski definition) is 4. The number of halogens is 1. The molecule has 5 nitrogen and oxygen atoms in total. The van der Waals surface area contributed by atoms with Gasteiger partial charge < -0.3 is 15.8 Å². The summed E-state index contributed by atoms with van der Waals surface area (Å²) < 4.78 is 17.8. The van der Waals surface area contributed by atoms with Crippen molar-refractivity contribution in [2.24, 2.45) is 5.73 Å². The highest BCUT2D eigenvalue weighted by atomic mass is 19.1. The van der Waals surface area contributed by atoms with Gasteiger partial charge in [0.15, 0.2) is 0 Å². The van der Waals surface area contributed by atoms with E-state index in [1.165, 1.54) is 37.5 Å². The number of esters is 1. The van der Waals surface area contributed by atoms with Crippen molar-refractivity contribution in [1.82, 2.24) is 0 Å². The van der Waals surface area contributed by atoms with Crippen molar-refractivity contribution in [1.29, 1.82) is 0 Å². The number of rotatable bonds is 5. The van der Waals surface area contributed by atoms with Gasteiger partial charge >= 0.3 is 5.97 Å². The van der Waals surface area contributed by atoms with Gasteiger partial charge in [0.25, 0.3) is 0 Å². The van der Waals surface area contributed by atoms with Crippen molar-refractivity contribution in [3.63, 3.8) is 0 Å². The minimum atomic E-state index is -0.517. The van der Waals surface area contributed by atoms with Crippen LogP contribution in [0.5, 0.6) is 0 Å². The van der Waals surface area contributed by atoms with E-state index in [0.29, 0.717) is 22.4 Å². The molecular weight excluding hydrogens is 311 g/mol.